The molecule has 0 amide bonds. The zero-order valence-corrected chi connectivity index (χ0v) is 19.4. The Hall–Kier alpha value is -2.15. The van der Waals surface area contributed by atoms with Gasteiger partial charge in [-0.05, 0) is 71.9 Å². The van der Waals surface area contributed by atoms with Crippen LogP contribution in [0.25, 0.3) is 5.57 Å². The largest absolute Gasteiger partial charge is 0.276 e. The summed E-state index contributed by atoms with van der Waals surface area (Å²) in [7, 11) is 0. The molecular weight excluding hydrogens is 350 g/mol. The molecule has 3 aliphatic rings. The summed E-state index contributed by atoms with van der Waals surface area (Å²) in [5.41, 5.74) is 12.3. The molecule has 2 aliphatic carbocycles. The van der Waals surface area contributed by atoms with E-state index in [9.17, 15) is 0 Å². The first-order valence-electron chi connectivity index (χ1n) is 11.0. The summed E-state index contributed by atoms with van der Waals surface area (Å²) in [6, 6.07) is 4.94. The van der Waals surface area contributed by atoms with E-state index >= 15 is 0 Å². The Kier molecular flexibility index (Phi) is 4.46. The number of benzene rings is 1. The van der Waals surface area contributed by atoms with Gasteiger partial charge < -0.3 is 0 Å². The number of allylic oxidation sites excluding steroid dienone is 5. The molecule has 4 rings (SSSR count). The first kappa shape index (κ1) is 20.1. The minimum Gasteiger partial charge on any atom is -0.276 e. The Labute approximate surface area is 177 Å². The Balaban J connectivity index is 2.14. The first-order chi connectivity index (χ1) is 13.5. The van der Waals surface area contributed by atoms with Gasteiger partial charge in [0.25, 0.3) is 0 Å². The third-order valence-corrected chi connectivity index (χ3v) is 6.73. The zero-order valence-electron chi connectivity index (χ0n) is 19.4. The monoisotopic (exact) mass is 385 g/mol. The van der Waals surface area contributed by atoms with Crippen LogP contribution >= 0.6 is 0 Å². The van der Waals surface area contributed by atoms with Crippen LogP contribution in [0, 0.1) is 25.2 Å². The van der Waals surface area contributed by atoms with E-state index in [1.54, 1.807) is 0 Å². The highest BCUT2D eigenvalue weighted by atomic mass is 14.9. The predicted octanol–water partition coefficient (Wildman–Crippen LogP) is 7.30. The maximum atomic E-state index is 5.43. The van der Waals surface area contributed by atoms with Gasteiger partial charge in [-0.1, -0.05) is 77.1 Å². The van der Waals surface area contributed by atoms with Gasteiger partial charge >= 0.3 is 0 Å². The number of rotatable bonds is 3. The van der Waals surface area contributed by atoms with Crippen molar-refractivity contribution in [3.05, 3.63) is 75.9 Å². The summed E-state index contributed by atoms with van der Waals surface area (Å²) in [5, 5.41) is 0. The quantitative estimate of drug-likeness (QED) is 0.484. The standard InChI is InChI=1S/C28H35N/c1-10-19-20(13-16(2)3)23-21-15-17(4)14-18(5)24(21)28(9)12-11-22(28)29-26(23)25(19)27(6,7)8/h10-12,14-16,22H,1,13H2,2-9H3. The Morgan fingerprint density at radius 1 is 1.21 bits per heavy atom. The topological polar surface area (TPSA) is 12.4 Å². The van der Waals surface area contributed by atoms with Gasteiger partial charge in [0.2, 0.25) is 0 Å². The lowest BCUT2D eigenvalue weighted by molar-refractivity contribution is 0.474. The second kappa shape index (κ2) is 6.42. The van der Waals surface area contributed by atoms with Crippen LogP contribution in [-0.4, -0.2) is 11.8 Å². The van der Waals surface area contributed by atoms with E-state index in [2.05, 4.69) is 92.3 Å². The molecule has 0 bridgehead atoms. The van der Waals surface area contributed by atoms with Gasteiger partial charge in [-0.2, -0.15) is 0 Å². The summed E-state index contributed by atoms with van der Waals surface area (Å²) >= 11 is 0. The van der Waals surface area contributed by atoms with Crippen LogP contribution in [0.3, 0.4) is 0 Å². The van der Waals surface area contributed by atoms with Gasteiger partial charge in [-0.25, -0.2) is 0 Å². The molecular formula is C28H35N. The van der Waals surface area contributed by atoms with Crippen LogP contribution in [0.4, 0.5) is 0 Å². The van der Waals surface area contributed by atoms with Gasteiger partial charge in [-0.15, -0.1) is 0 Å². The molecule has 1 aromatic rings. The second-order valence-corrected chi connectivity index (χ2v) is 10.8. The average molecular weight is 386 g/mol. The molecule has 0 aromatic heterocycles. The zero-order chi connectivity index (χ0) is 21.3. The van der Waals surface area contributed by atoms with Gasteiger partial charge in [0.05, 0.1) is 11.8 Å². The minimum absolute atomic E-state index is 0.0135. The SMILES string of the molecule is C=CC1=C(C(C)(C)C)C2=NC3C=CC3(C)c3c(C)cc(C)cc3C2=C1CC(C)C. The van der Waals surface area contributed by atoms with E-state index in [1.165, 1.54) is 50.3 Å². The fourth-order valence-corrected chi connectivity index (χ4v) is 5.60. The van der Waals surface area contributed by atoms with Crippen LogP contribution in [-0.2, 0) is 5.41 Å². The van der Waals surface area contributed by atoms with Gasteiger partial charge in [0, 0.05) is 11.0 Å². The van der Waals surface area contributed by atoms with Crippen LogP contribution in [0.15, 0.2) is 58.7 Å². The third-order valence-electron chi connectivity index (χ3n) is 6.73. The van der Waals surface area contributed by atoms with Crippen molar-refractivity contribution in [1.29, 1.82) is 0 Å². The van der Waals surface area contributed by atoms with E-state index in [-0.39, 0.29) is 16.9 Å². The number of aliphatic imine (C=N–C) groups is 1. The van der Waals surface area contributed by atoms with Crippen molar-refractivity contribution in [2.45, 2.75) is 73.3 Å². The molecule has 2 unspecified atom stereocenters. The van der Waals surface area contributed by atoms with E-state index in [0.717, 1.165) is 6.42 Å². The number of nitrogens with zero attached hydrogens (tertiary/aromatic N) is 1. The predicted molar refractivity (Wildman–Crippen MR) is 127 cm³/mol. The molecule has 0 radical (unpaired) electrons. The second-order valence-electron chi connectivity index (χ2n) is 10.8. The fourth-order valence-electron chi connectivity index (χ4n) is 5.60. The average Bonchev–Trinajstić information content (AvgIpc) is 2.86. The molecule has 29 heavy (non-hydrogen) atoms. The molecule has 1 aromatic carbocycles. The lowest BCUT2D eigenvalue weighted by atomic mass is 9.65. The molecule has 2 atom stereocenters. The van der Waals surface area contributed by atoms with E-state index < -0.39 is 0 Å². The minimum atomic E-state index is -0.0161. The van der Waals surface area contributed by atoms with Crippen LogP contribution in [0.1, 0.15) is 70.2 Å². The number of hydrogen-bond donors (Lipinski definition) is 0. The molecule has 152 valence electrons. The number of aryl methyl sites for hydroxylation is 2. The molecule has 0 saturated heterocycles. The van der Waals surface area contributed by atoms with E-state index in [4.69, 9.17) is 4.99 Å². The molecule has 1 heteroatoms. The van der Waals surface area contributed by atoms with Crippen molar-refractivity contribution in [3.8, 4) is 0 Å². The van der Waals surface area contributed by atoms with Crippen LogP contribution in [0.2, 0.25) is 0 Å². The number of fused-ring (bicyclic) bond motifs is 5. The Morgan fingerprint density at radius 2 is 1.90 bits per heavy atom. The summed E-state index contributed by atoms with van der Waals surface area (Å²) in [6.07, 6.45) is 7.78. The van der Waals surface area contributed by atoms with Gasteiger partial charge in [-0.3, -0.25) is 4.99 Å². The van der Waals surface area contributed by atoms with Crippen molar-refractivity contribution >= 4 is 11.3 Å². The van der Waals surface area contributed by atoms with Crippen molar-refractivity contribution in [3.63, 3.8) is 0 Å². The van der Waals surface area contributed by atoms with Gasteiger partial charge in [0.1, 0.15) is 0 Å². The summed E-state index contributed by atoms with van der Waals surface area (Å²) in [6.45, 7) is 22.7. The molecule has 0 N–H and O–H groups in total. The lowest BCUT2D eigenvalue weighted by Gasteiger charge is -2.40. The normalized spacial score (nSPS) is 25.4. The summed E-state index contributed by atoms with van der Waals surface area (Å²) < 4.78 is 0. The molecule has 0 saturated carbocycles. The van der Waals surface area contributed by atoms with E-state index in [1.807, 2.05) is 0 Å². The highest BCUT2D eigenvalue weighted by Crippen LogP contribution is 2.53. The maximum Gasteiger partial charge on any atom is 0.0816 e. The van der Waals surface area contributed by atoms with Gasteiger partial charge in [0.15, 0.2) is 0 Å². The lowest BCUT2D eigenvalue weighted by Crippen LogP contribution is -2.40. The van der Waals surface area contributed by atoms with Crippen molar-refractivity contribution in [1.82, 2.24) is 0 Å². The Morgan fingerprint density at radius 3 is 2.41 bits per heavy atom. The summed E-state index contributed by atoms with van der Waals surface area (Å²) in [5.74, 6) is 0.580. The maximum absolute atomic E-state index is 5.43. The van der Waals surface area contributed by atoms with Crippen molar-refractivity contribution in [2.24, 2.45) is 16.3 Å². The number of hydrogen-bond acceptors (Lipinski definition) is 1. The molecule has 1 heterocycles. The van der Waals surface area contributed by atoms with Crippen LogP contribution < -0.4 is 0 Å². The van der Waals surface area contributed by atoms with E-state index in [0.29, 0.717) is 5.92 Å². The van der Waals surface area contributed by atoms with Crippen molar-refractivity contribution in [2.75, 3.05) is 0 Å². The smallest absolute Gasteiger partial charge is 0.0816 e. The summed E-state index contributed by atoms with van der Waals surface area (Å²) in [4.78, 5) is 5.43. The molecule has 1 aliphatic heterocycles. The van der Waals surface area contributed by atoms with Crippen LogP contribution in [0.5, 0.6) is 0 Å². The molecule has 0 spiro atoms. The highest BCUT2D eigenvalue weighted by Gasteiger charge is 2.47. The molecule has 1 nitrogen and oxygen atoms in total. The first-order valence-corrected chi connectivity index (χ1v) is 11.0. The third kappa shape index (κ3) is 2.85. The van der Waals surface area contributed by atoms with Crippen molar-refractivity contribution < 1.29 is 0 Å². The Bertz CT molecular complexity index is 1030. The fraction of sp³-hybridized carbons (Fsp3) is 0.464. The highest BCUT2D eigenvalue weighted by molar-refractivity contribution is 6.37. The molecule has 0 fully saturated rings.